The fourth-order valence-corrected chi connectivity index (χ4v) is 5.55. The molecule has 1 aliphatic rings. The third kappa shape index (κ3) is 3.90. The number of carbonyl (C=O) groups is 1. The second kappa shape index (κ2) is 8.99. The summed E-state index contributed by atoms with van der Waals surface area (Å²) in [7, 11) is -4.13. The molecule has 1 aromatic heterocycles. The number of alkyl halides is 1. The van der Waals surface area contributed by atoms with Crippen molar-refractivity contribution < 1.29 is 22.3 Å². The Morgan fingerprint density at radius 2 is 1.69 bits per heavy atom. The van der Waals surface area contributed by atoms with Crippen molar-refractivity contribution in [3.8, 4) is 17.0 Å². The zero-order valence-electron chi connectivity index (χ0n) is 18.5. The molecule has 5 rings (SSSR count). The van der Waals surface area contributed by atoms with E-state index in [1.807, 2.05) is 0 Å². The van der Waals surface area contributed by atoms with Gasteiger partial charge in [-0.1, -0.05) is 34.1 Å². The van der Waals surface area contributed by atoms with Gasteiger partial charge in [0.1, 0.15) is 10.6 Å². The Morgan fingerprint density at radius 1 is 0.944 bits per heavy atom. The van der Waals surface area contributed by atoms with Gasteiger partial charge >= 0.3 is 10.1 Å². The Labute approximate surface area is 213 Å². The summed E-state index contributed by atoms with van der Waals surface area (Å²) in [5.41, 5.74) is 0.597. The molecule has 0 radical (unpaired) electrons. The second-order valence-electron chi connectivity index (χ2n) is 8.10. The largest absolute Gasteiger partial charge is 0.379 e. The number of non-ortho nitro benzene ring substituents is 1. The van der Waals surface area contributed by atoms with Crippen LogP contribution in [0, 0.1) is 10.1 Å². The number of pyridine rings is 1. The zero-order chi connectivity index (χ0) is 25.6. The summed E-state index contributed by atoms with van der Waals surface area (Å²) < 4.78 is 32.1. The lowest BCUT2D eigenvalue weighted by molar-refractivity contribution is -0.384. The van der Waals surface area contributed by atoms with Crippen LogP contribution in [0.25, 0.3) is 22.0 Å². The van der Waals surface area contributed by atoms with Crippen LogP contribution in [0.4, 0.5) is 5.69 Å². The quantitative estimate of drug-likeness (QED) is 0.121. The number of nitro groups is 1. The highest BCUT2D eigenvalue weighted by Crippen LogP contribution is 2.41. The average Bonchev–Trinajstić information content (AvgIpc) is 3.15. The molecule has 182 valence electrons. The Bertz CT molecular complexity index is 1730. The number of fused-ring (bicyclic) bond motifs is 5. The molecule has 0 spiro atoms. The molecular formula is C25H17BrN2O7S. The highest BCUT2D eigenvalue weighted by atomic mass is 79.9. The molecule has 4 aromatic rings. The maximum Gasteiger partial charge on any atom is 0.339 e. The van der Waals surface area contributed by atoms with Gasteiger partial charge in [0.2, 0.25) is 0 Å². The van der Waals surface area contributed by atoms with Gasteiger partial charge in [-0.15, -0.1) is 0 Å². The normalized spacial score (nSPS) is 12.4. The summed E-state index contributed by atoms with van der Waals surface area (Å²) >= 11 is 3.35. The van der Waals surface area contributed by atoms with Gasteiger partial charge in [0.25, 0.3) is 11.2 Å². The molecule has 0 saturated carbocycles. The standard InChI is InChI=1S/C25H17BrN2O7S/c26-11-4-12-27-23-19-10-8-16(35-36(33,34)17-5-2-1-3-6-17)14-20(19)24(29)22(23)18-9-7-15(28(31)32)13-21(18)25(27)30/h1-3,5-10,13-14H,4,11-12H2. The van der Waals surface area contributed by atoms with E-state index in [9.17, 15) is 28.1 Å². The summed E-state index contributed by atoms with van der Waals surface area (Å²) in [6, 6.07) is 15.8. The SMILES string of the molecule is O=C1c2cc(OS(=O)(=O)c3ccccc3)ccc2-c2c1c1ccc([N+](=O)[O-])cc1c(=O)n2CCCBr. The number of aromatic nitrogens is 1. The molecular weight excluding hydrogens is 552 g/mol. The monoisotopic (exact) mass is 568 g/mol. The van der Waals surface area contributed by atoms with Crippen LogP contribution in [0.15, 0.2) is 76.4 Å². The Morgan fingerprint density at radius 3 is 2.39 bits per heavy atom. The molecule has 0 unspecified atom stereocenters. The number of ketones is 1. The highest BCUT2D eigenvalue weighted by molar-refractivity contribution is 9.09. The van der Waals surface area contributed by atoms with Crippen molar-refractivity contribution in [1.82, 2.24) is 4.57 Å². The van der Waals surface area contributed by atoms with E-state index in [1.165, 1.54) is 47.0 Å². The van der Waals surface area contributed by atoms with Gasteiger partial charge in [0.15, 0.2) is 5.78 Å². The predicted octanol–water partition coefficient (Wildman–Crippen LogP) is 4.67. The first-order valence-corrected chi connectivity index (χ1v) is 13.4. The highest BCUT2D eigenvalue weighted by Gasteiger charge is 2.34. The van der Waals surface area contributed by atoms with E-state index in [1.54, 1.807) is 24.3 Å². The summed E-state index contributed by atoms with van der Waals surface area (Å²) in [5, 5.41) is 12.3. The van der Waals surface area contributed by atoms with Gasteiger partial charge in [-0.2, -0.15) is 8.42 Å². The van der Waals surface area contributed by atoms with Gasteiger partial charge < -0.3 is 8.75 Å². The number of rotatable bonds is 7. The van der Waals surface area contributed by atoms with E-state index in [-0.39, 0.29) is 39.4 Å². The number of hydrogen-bond donors (Lipinski definition) is 0. The summed E-state index contributed by atoms with van der Waals surface area (Å²) in [4.78, 5) is 37.7. The van der Waals surface area contributed by atoms with Crippen LogP contribution in [-0.2, 0) is 16.7 Å². The fraction of sp³-hybridized carbons (Fsp3) is 0.120. The van der Waals surface area contributed by atoms with Crippen LogP contribution >= 0.6 is 15.9 Å². The predicted molar refractivity (Wildman–Crippen MR) is 136 cm³/mol. The summed E-state index contributed by atoms with van der Waals surface area (Å²) in [6.45, 7) is 0.276. The van der Waals surface area contributed by atoms with Crippen LogP contribution in [0.1, 0.15) is 22.3 Å². The molecule has 0 N–H and O–H groups in total. The van der Waals surface area contributed by atoms with E-state index in [0.29, 0.717) is 28.4 Å². The Kier molecular flexibility index (Phi) is 5.97. The molecule has 0 aliphatic heterocycles. The number of nitrogens with zero attached hydrogens (tertiary/aromatic N) is 2. The van der Waals surface area contributed by atoms with E-state index in [2.05, 4.69) is 15.9 Å². The van der Waals surface area contributed by atoms with Crippen LogP contribution in [0.3, 0.4) is 0 Å². The topological polar surface area (TPSA) is 126 Å². The van der Waals surface area contributed by atoms with Gasteiger partial charge in [-0.25, -0.2) is 0 Å². The number of carbonyl (C=O) groups excluding carboxylic acids is 1. The zero-order valence-corrected chi connectivity index (χ0v) is 20.9. The Hall–Kier alpha value is -3.83. The van der Waals surface area contributed by atoms with Crippen molar-refractivity contribution in [3.05, 3.63) is 98.3 Å². The Balaban J connectivity index is 1.68. The minimum atomic E-state index is -4.13. The molecule has 3 aromatic carbocycles. The number of nitro benzene ring substituents is 1. The minimum absolute atomic E-state index is 0.0312. The van der Waals surface area contributed by atoms with E-state index in [0.717, 1.165) is 0 Å². The van der Waals surface area contributed by atoms with Gasteiger partial charge in [0, 0.05) is 40.5 Å². The van der Waals surface area contributed by atoms with Crippen molar-refractivity contribution in [2.45, 2.75) is 17.9 Å². The maximum atomic E-state index is 13.6. The molecule has 0 atom stereocenters. The molecule has 1 aliphatic carbocycles. The fourth-order valence-electron chi connectivity index (χ4n) is 4.36. The van der Waals surface area contributed by atoms with Crippen LogP contribution in [0.2, 0.25) is 0 Å². The molecule has 1 heterocycles. The van der Waals surface area contributed by atoms with Crippen molar-refractivity contribution in [2.75, 3.05) is 5.33 Å². The van der Waals surface area contributed by atoms with Crippen LogP contribution in [0.5, 0.6) is 5.75 Å². The lowest BCUT2D eigenvalue weighted by Gasteiger charge is -2.14. The first-order valence-electron chi connectivity index (χ1n) is 10.8. The first kappa shape index (κ1) is 23.9. The number of halogens is 1. The average molecular weight is 569 g/mol. The lowest BCUT2D eigenvalue weighted by atomic mass is 10.0. The smallest absolute Gasteiger partial charge is 0.339 e. The van der Waals surface area contributed by atoms with Crippen LogP contribution in [-0.4, -0.2) is 29.0 Å². The molecule has 0 saturated heterocycles. The van der Waals surface area contributed by atoms with Gasteiger partial charge in [-0.05, 0) is 42.8 Å². The third-order valence-electron chi connectivity index (χ3n) is 5.94. The van der Waals surface area contributed by atoms with E-state index >= 15 is 0 Å². The first-order chi connectivity index (χ1) is 17.2. The molecule has 0 amide bonds. The van der Waals surface area contributed by atoms with Gasteiger partial charge in [0.05, 0.1) is 21.6 Å². The number of benzene rings is 3. The summed E-state index contributed by atoms with van der Waals surface area (Å²) in [6.07, 6.45) is 0.576. The van der Waals surface area contributed by atoms with Crippen molar-refractivity contribution in [2.24, 2.45) is 0 Å². The third-order valence-corrected chi connectivity index (χ3v) is 7.76. The van der Waals surface area contributed by atoms with Crippen molar-refractivity contribution in [3.63, 3.8) is 0 Å². The van der Waals surface area contributed by atoms with E-state index in [4.69, 9.17) is 4.18 Å². The van der Waals surface area contributed by atoms with Crippen molar-refractivity contribution >= 4 is 48.3 Å². The van der Waals surface area contributed by atoms with Gasteiger partial charge in [-0.3, -0.25) is 19.7 Å². The lowest BCUT2D eigenvalue weighted by Crippen LogP contribution is -2.23. The number of hydrogen-bond acceptors (Lipinski definition) is 7. The van der Waals surface area contributed by atoms with E-state index < -0.39 is 26.4 Å². The molecule has 9 nitrogen and oxygen atoms in total. The minimum Gasteiger partial charge on any atom is -0.379 e. The van der Waals surface area contributed by atoms with Crippen molar-refractivity contribution in [1.29, 1.82) is 0 Å². The molecule has 36 heavy (non-hydrogen) atoms. The molecule has 11 heteroatoms. The summed E-state index contributed by atoms with van der Waals surface area (Å²) in [5.74, 6) is -0.470. The second-order valence-corrected chi connectivity index (χ2v) is 10.4. The molecule has 0 fully saturated rings. The van der Waals surface area contributed by atoms with Crippen LogP contribution < -0.4 is 9.74 Å². The molecule has 0 bridgehead atoms. The maximum absolute atomic E-state index is 13.6.